The maximum absolute atomic E-state index is 13.1. The summed E-state index contributed by atoms with van der Waals surface area (Å²) in [7, 11) is -9.92. The van der Waals surface area contributed by atoms with Crippen LogP contribution in [0.5, 0.6) is 0 Å². The predicted molar refractivity (Wildman–Crippen MR) is 400 cm³/mol. The third-order valence-corrected chi connectivity index (χ3v) is 20.2. The minimum atomic E-state index is -4.96. The molecule has 0 saturated heterocycles. The number of rotatable bonds is 79. The van der Waals surface area contributed by atoms with Crippen molar-refractivity contribution in [3.8, 4) is 0 Å². The molecular formula is C79H152O17P2. The first-order chi connectivity index (χ1) is 47.7. The average molecular weight is 1440 g/mol. The molecule has 19 heteroatoms. The normalized spacial score (nSPS) is 13.9. The van der Waals surface area contributed by atoms with E-state index < -0.39 is 97.5 Å². The standard InChI is InChI=1S/C79H152O17P2/c1-5-9-13-17-21-25-29-33-36-40-44-48-52-56-60-64-77(82)90-70-75(96-79(84)66-62-58-54-50-46-42-38-35-31-27-23-19-15-11-7-3)72-94-98(87,88)92-68-73(80)67-91-97(85,86)93-71-74(69-89-76(81)63-59-55-51-47-43-39-32-28-24-20-16-12-8-4)95-78(83)65-61-57-53-49-45-41-37-34-30-26-22-18-14-10-6-2/h33,36,73-75,80H,5-32,34-35,37-72H2,1-4H3,(H,85,86)(H,87,88)/b36-33-/t73-,74+,75+/m0/s1. The van der Waals surface area contributed by atoms with Gasteiger partial charge in [0.05, 0.1) is 26.4 Å². The predicted octanol–water partition coefficient (Wildman–Crippen LogP) is 23.6. The van der Waals surface area contributed by atoms with Crippen molar-refractivity contribution < 1.29 is 80.2 Å². The Labute approximate surface area is 600 Å². The zero-order valence-corrected chi connectivity index (χ0v) is 65.3. The Hall–Kier alpha value is -2.20. The molecule has 0 amide bonds. The molecule has 0 fully saturated rings. The topological polar surface area (TPSA) is 237 Å². The van der Waals surface area contributed by atoms with Gasteiger partial charge in [-0.1, -0.05) is 348 Å². The van der Waals surface area contributed by atoms with Crippen LogP contribution in [0.25, 0.3) is 0 Å². The highest BCUT2D eigenvalue weighted by molar-refractivity contribution is 7.47. The van der Waals surface area contributed by atoms with Gasteiger partial charge in [-0.05, 0) is 51.4 Å². The molecule has 98 heavy (non-hydrogen) atoms. The monoisotopic (exact) mass is 1440 g/mol. The molecule has 5 atom stereocenters. The second kappa shape index (κ2) is 73.1. The van der Waals surface area contributed by atoms with Crippen LogP contribution in [0.15, 0.2) is 12.2 Å². The molecule has 0 bridgehead atoms. The summed E-state index contributed by atoms with van der Waals surface area (Å²) in [5.74, 6) is -2.12. The number of phosphoric acid groups is 2. The molecule has 0 spiro atoms. The fourth-order valence-corrected chi connectivity index (χ4v) is 13.6. The summed E-state index contributed by atoms with van der Waals surface area (Å²) in [6.45, 7) is 4.99. The quantitative estimate of drug-likeness (QED) is 0.0169. The van der Waals surface area contributed by atoms with Gasteiger partial charge in [-0.2, -0.15) is 0 Å². The van der Waals surface area contributed by atoms with Gasteiger partial charge in [0.2, 0.25) is 0 Å². The molecule has 2 unspecified atom stereocenters. The maximum atomic E-state index is 13.1. The first-order valence-corrected chi connectivity index (χ1v) is 43.9. The van der Waals surface area contributed by atoms with E-state index in [-0.39, 0.29) is 25.7 Å². The van der Waals surface area contributed by atoms with Crippen molar-refractivity contribution >= 4 is 39.5 Å². The van der Waals surface area contributed by atoms with Gasteiger partial charge in [0.1, 0.15) is 19.3 Å². The smallest absolute Gasteiger partial charge is 0.462 e. The molecule has 3 N–H and O–H groups in total. The number of carbonyl (C=O) groups excluding carboxylic acids is 4. The van der Waals surface area contributed by atoms with E-state index in [1.807, 2.05) is 0 Å². The lowest BCUT2D eigenvalue weighted by Gasteiger charge is -2.21. The third-order valence-electron chi connectivity index (χ3n) is 18.3. The van der Waals surface area contributed by atoms with E-state index in [1.165, 1.54) is 225 Å². The van der Waals surface area contributed by atoms with E-state index in [0.29, 0.717) is 25.7 Å². The van der Waals surface area contributed by atoms with Crippen molar-refractivity contribution in [3.63, 3.8) is 0 Å². The average Bonchev–Trinajstić information content (AvgIpc) is 1.04. The summed E-state index contributed by atoms with van der Waals surface area (Å²) in [4.78, 5) is 73.0. The lowest BCUT2D eigenvalue weighted by atomic mass is 10.0. The summed E-state index contributed by atoms with van der Waals surface area (Å²) in [6, 6.07) is 0. The maximum Gasteiger partial charge on any atom is 0.472 e. The zero-order chi connectivity index (χ0) is 71.8. The Kier molecular flexibility index (Phi) is 71.5. The minimum Gasteiger partial charge on any atom is -0.462 e. The summed E-state index contributed by atoms with van der Waals surface area (Å²) < 4.78 is 68.7. The molecule has 17 nitrogen and oxygen atoms in total. The number of hydrogen-bond acceptors (Lipinski definition) is 15. The molecule has 0 aliphatic carbocycles. The van der Waals surface area contributed by atoms with E-state index in [0.717, 1.165) is 109 Å². The number of allylic oxidation sites excluding steroid dienone is 2. The Morgan fingerprint density at radius 1 is 0.276 bits per heavy atom. The van der Waals surface area contributed by atoms with Gasteiger partial charge >= 0.3 is 39.5 Å². The Bertz CT molecular complexity index is 1910. The molecule has 0 rings (SSSR count). The van der Waals surface area contributed by atoms with Gasteiger partial charge in [-0.15, -0.1) is 0 Å². The second-order valence-electron chi connectivity index (χ2n) is 28.1. The van der Waals surface area contributed by atoms with Crippen LogP contribution in [-0.4, -0.2) is 96.7 Å². The Morgan fingerprint density at radius 3 is 0.704 bits per heavy atom. The number of carbonyl (C=O) groups is 4. The number of aliphatic hydroxyl groups is 1. The third kappa shape index (κ3) is 72.2. The highest BCUT2D eigenvalue weighted by Crippen LogP contribution is 2.45. The molecule has 0 aliphatic heterocycles. The molecule has 0 aromatic rings. The number of ether oxygens (including phenoxy) is 4. The van der Waals surface area contributed by atoms with Crippen molar-refractivity contribution in [2.24, 2.45) is 0 Å². The highest BCUT2D eigenvalue weighted by Gasteiger charge is 2.30. The van der Waals surface area contributed by atoms with Crippen molar-refractivity contribution in [3.05, 3.63) is 12.2 Å². The van der Waals surface area contributed by atoms with Crippen LogP contribution in [0.3, 0.4) is 0 Å². The fourth-order valence-electron chi connectivity index (χ4n) is 12.0. The number of phosphoric ester groups is 2. The largest absolute Gasteiger partial charge is 0.472 e. The van der Waals surface area contributed by atoms with Gasteiger partial charge in [0, 0.05) is 25.7 Å². The van der Waals surface area contributed by atoms with Crippen LogP contribution < -0.4 is 0 Å². The van der Waals surface area contributed by atoms with Crippen LogP contribution in [0.1, 0.15) is 413 Å². The molecule has 0 saturated carbocycles. The zero-order valence-electron chi connectivity index (χ0n) is 63.5. The minimum absolute atomic E-state index is 0.105. The molecular weight excluding hydrogens is 1280 g/mol. The van der Waals surface area contributed by atoms with Crippen LogP contribution in [0.2, 0.25) is 0 Å². The second-order valence-corrected chi connectivity index (χ2v) is 31.0. The van der Waals surface area contributed by atoms with Crippen LogP contribution in [0, 0.1) is 0 Å². The molecule has 0 aromatic carbocycles. The number of unbranched alkanes of at least 4 members (excludes halogenated alkanes) is 51. The van der Waals surface area contributed by atoms with Crippen molar-refractivity contribution in [2.45, 2.75) is 431 Å². The van der Waals surface area contributed by atoms with E-state index >= 15 is 0 Å². The number of hydrogen-bond donors (Lipinski definition) is 3. The van der Waals surface area contributed by atoms with Gasteiger partial charge in [0.15, 0.2) is 12.2 Å². The van der Waals surface area contributed by atoms with Crippen molar-refractivity contribution in [1.29, 1.82) is 0 Å². The summed E-state index contributed by atoms with van der Waals surface area (Å²) >= 11 is 0. The Balaban J connectivity index is 5.28. The highest BCUT2D eigenvalue weighted by atomic mass is 31.2. The SMILES string of the molecule is CCCCCCCC/C=C\CCCCCCCC(=O)OC[C@H](COP(=O)(O)OC[C@@H](O)COP(=O)(O)OC[C@@H](COC(=O)CCCCCCCCCCCCCCC)OC(=O)CCCCCCCCCCCCCCCCC)OC(=O)CCCCCCCCCCCCCCCCC. The first kappa shape index (κ1) is 95.8. The van der Waals surface area contributed by atoms with E-state index in [4.69, 9.17) is 37.0 Å². The van der Waals surface area contributed by atoms with E-state index in [2.05, 4.69) is 39.8 Å². The summed E-state index contributed by atoms with van der Waals surface area (Å²) in [5.41, 5.74) is 0. The Morgan fingerprint density at radius 2 is 0.469 bits per heavy atom. The molecule has 0 aromatic heterocycles. The van der Waals surface area contributed by atoms with Gasteiger partial charge in [-0.3, -0.25) is 37.3 Å². The van der Waals surface area contributed by atoms with E-state index in [9.17, 15) is 43.2 Å². The van der Waals surface area contributed by atoms with Crippen LogP contribution >= 0.6 is 15.6 Å². The van der Waals surface area contributed by atoms with Gasteiger partial charge < -0.3 is 33.8 Å². The first-order valence-electron chi connectivity index (χ1n) is 40.9. The summed E-state index contributed by atoms with van der Waals surface area (Å²) in [5, 5.41) is 10.6. The number of aliphatic hydroxyl groups excluding tert-OH is 1. The molecule has 0 aliphatic rings. The van der Waals surface area contributed by atoms with Crippen molar-refractivity contribution in [2.75, 3.05) is 39.6 Å². The lowest BCUT2D eigenvalue weighted by Crippen LogP contribution is -2.30. The van der Waals surface area contributed by atoms with Crippen LogP contribution in [-0.2, 0) is 65.4 Å². The number of esters is 4. The molecule has 0 heterocycles. The van der Waals surface area contributed by atoms with Gasteiger partial charge in [-0.25, -0.2) is 9.13 Å². The summed E-state index contributed by atoms with van der Waals surface area (Å²) in [6.07, 6.45) is 66.0. The van der Waals surface area contributed by atoms with Crippen molar-refractivity contribution in [1.82, 2.24) is 0 Å². The fraction of sp³-hybridized carbons (Fsp3) is 0.924. The molecule has 580 valence electrons. The van der Waals surface area contributed by atoms with Crippen LogP contribution in [0.4, 0.5) is 0 Å². The lowest BCUT2D eigenvalue weighted by molar-refractivity contribution is -0.161. The van der Waals surface area contributed by atoms with Gasteiger partial charge in [0.25, 0.3) is 0 Å². The molecule has 0 radical (unpaired) electrons. The van der Waals surface area contributed by atoms with E-state index in [1.54, 1.807) is 0 Å².